The first kappa shape index (κ1) is 21.3. The molecule has 0 aliphatic rings. The summed E-state index contributed by atoms with van der Waals surface area (Å²) < 4.78 is 4.87. The summed E-state index contributed by atoms with van der Waals surface area (Å²) in [6, 6.07) is 0. The number of carboxylic acid groups (broad SMARTS) is 1. The number of rotatable bonds is 13. The second-order valence-electron chi connectivity index (χ2n) is 7.09. The van der Waals surface area contributed by atoms with E-state index in [1.165, 1.54) is 0 Å². The molecule has 6 nitrogen and oxygen atoms in total. The van der Waals surface area contributed by atoms with Gasteiger partial charge < -0.3 is 9.84 Å². The third kappa shape index (κ3) is 9.81. The van der Waals surface area contributed by atoms with E-state index in [0.29, 0.717) is 38.6 Å². The van der Waals surface area contributed by atoms with E-state index >= 15 is 0 Å². The van der Waals surface area contributed by atoms with Crippen LogP contribution in [0, 0.1) is 5.41 Å². The molecule has 0 saturated heterocycles. The van der Waals surface area contributed by atoms with Gasteiger partial charge in [0.05, 0.1) is 5.41 Å². The van der Waals surface area contributed by atoms with Gasteiger partial charge in [0, 0.05) is 25.7 Å². The lowest BCUT2D eigenvalue weighted by Crippen LogP contribution is -2.25. The molecule has 6 heteroatoms. The highest BCUT2D eigenvalue weighted by Gasteiger charge is 2.27. The first-order valence-corrected chi connectivity index (χ1v) is 7.88. The Kier molecular flexibility index (Phi) is 8.72. The second-order valence-corrected chi connectivity index (χ2v) is 7.09. The summed E-state index contributed by atoms with van der Waals surface area (Å²) in [5, 5.41) is 8.98. The SMILES string of the molecule is CC(C)(CCC(=O)CCCC(=O)CCC(C)(C)C(=O)O)OC=O. The Labute approximate surface area is 137 Å². The molecule has 0 rings (SSSR count). The maximum absolute atomic E-state index is 11.7. The molecule has 0 aliphatic carbocycles. The lowest BCUT2D eigenvalue weighted by atomic mass is 9.86. The minimum atomic E-state index is -0.916. The Balaban J connectivity index is 3.93. The standard InChI is InChI=1S/C17H28O6/c1-16(2,15(21)22)10-8-13(19)6-5-7-14(20)9-11-17(3,4)23-12-18/h12H,5-11H2,1-4H3,(H,21,22). The molecule has 23 heavy (non-hydrogen) atoms. The van der Waals surface area contributed by atoms with Crippen LogP contribution < -0.4 is 0 Å². The van der Waals surface area contributed by atoms with Crippen LogP contribution in [0.2, 0.25) is 0 Å². The second kappa shape index (κ2) is 9.43. The zero-order valence-corrected chi connectivity index (χ0v) is 14.5. The molecule has 0 aromatic heterocycles. The monoisotopic (exact) mass is 328 g/mol. The predicted octanol–water partition coefficient (Wildman–Crippen LogP) is 2.92. The highest BCUT2D eigenvalue weighted by atomic mass is 16.5. The zero-order valence-electron chi connectivity index (χ0n) is 14.5. The number of ether oxygens (including phenoxy) is 1. The molecule has 0 aliphatic heterocycles. The molecule has 0 amide bonds. The third-order valence-corrected chi connectivity index (χ3v) is 3.89. The van der Waals surface area contributed by atoms with E-state index in [-0.39, 0.29) is 24.4 Å². The van der Waals surface area contributed by atoms with Gasteiger partial charge in [0.15, 0.2) is 0 Å². The van der Waals surface area contributed by atoms with Crippen LogP contribution in [0.25, 0.3) is 0 Å². The smallest absolute Gasteiger partial charge is 0.309 e. The van der Waals surface area contributed by atoms with Crippen LogP contribution in [0.4, 0.5) is 0 Å². The Morgan fingerprint density at radius 2 is 1.39 bits per heavy atom. The quantitative estimate of drug-likeness (QED) is 0.522. The van der Waals surface area contributed by atoms with Crippen LogP contribution in [0.1, 0.15) is 72.6 Å². The Hall–Kier alpha value is -1.72. The van der Waals surface area contributed by atoms with Crippen LogP contribution in [0.3, 0.4) is 0 Å². The maximum atomic E-state index is 11.7. The van der Waals surface area contributed by atoms with Crippen molar-refractivity contribution in [1.29, 1.82) is 0 Å². The molecule has 0 saturated carbocycles. The lowest BCUT2D eigenvalue weighted by molar-refractivity contribution is -0.147. The fourth-order valence-electron chi connectivity index (χ4n) is 1.92. The number of hydrogen-bond donors (Lipinski definition) is 1. The first-order chi connectivity index (χ1) is 10.5. The van der Waals surface area contributed by atoms with Crippen LogP contribution in [0.5, 0.6) is 0 Å². The van der Waals surface area contributed by atoms with Crippen molar-refractivity contribution in [3.05, 3.63) is 0 Å². The molecule has 132 valence electrons. The van der Waals surface area contributed by atoms with Gasteiger partial charge in [-0.1, -0.05) is 0 Å². The third-order valence-electron chi connectivity index (χ3n) is 3.89. The van der Waals surface area contributed by atoms with Gasteiger partial charge in [-0.15, -0.1) is 0 Å². The van der Waals surface area contributed by atoms with Crippen molar-refractivity contribution in [2.45, 2.75) is 78.2 Å². The Bertz CT molecular complexity index is 436. The van der Waals surface area contributed by atoms with Gasteiger partial charge >= 0.3 is 5.97 Å². The van der Waals surface area contributed by atoms with Crippen molar-refractivity contribution in [1.82, 2.24) is 0 Å². The zero-order chi connectivity index (χ0) is 18.1. The summed E-state index contributed by atoms with van der Waals surface area (Å²) in [6.07, 6.45) is 2.34. The summed E-state index contributed by atoms with van der Waals surface area (Å²) >= 11 is 0. The van der Waals surface area contributed by atoms with Crippen LogP contribution in [0.15, 0.2) is 0 Å². The van der Waals surface area contributed by atoms with Gasteiger partial charge in [-0.25, -0.2) is 0 Å². The normalized spacial score (nSPS) is 11.8. The van der Waals surface area contributed by atoms with Crippen molar-refractivity contribution >= 4 is 24.0 Å². The van der Waals surface area contributed by atoms with Gasteiger partial charge in [0.25, 0.3) is 6.47 Å². The molecule has 0 aromatic carbocycles. The molecule has 0 heterocycles. The number of ketones is 2. The fraction of sp³-hybridized carbons (Fsp3) is 0.765. The lowest BCUT2D eigenvalue weighted by Gasteiger charge is -2.21. The molecule has 0 atom stereocenters. The number of carbonyl (C=O) groups is 4. The molecular weight excluding hydrogens is 300 g/mol. The van der Waals surface area contributed by atoms with Crippen LogP contribution in [-0.4, -0.2) is 34.7 Å². The number of hydrogen-bond acceptors (Lipinski definition) is 5. The number of carboxylic acids is 1. The molecule has 0 radical (unpaired) electrons. The van der Waals surface area contributed by atoms with Crippen molar-refractivity contribution in [3.63, 3.8) is 0 Å². The van der Waals surface area contributed by atoms with Gasteiger partial charge in [-0.3, -0.25) is 19.2 Å². The van der Waals surface area contributed by atoms with E-state index in [1.54, 1.807) is 27.7 Å². The van der Waals surface area contributed by atoms with Crippen molar-refractivity contribution < 1.29 is 29.0 Å². The summed E-state index contributed by atoms with van der Waals surface area (Å²) in [5.41, 5.74) is -1.56. The van der Waals surface area contributed by atoms with E-state index in [9.17, 15) is 19.2 Å². The largest absolute Gasteiger partial charge is 0.481 e. The predicted molar refractivity (Wildman–Crippen MR) is 85.0 cm³/mol. The summed E-state index contributed by atoms with van der Waals surface area (Å²) in [4.78, 5) is 44.7. The van der Waals surface area contributed by atoms with Crippen LogP contribution in [-0.2, 0) is 23.9 Å². The molecule has 1 N–H and O–H groups in total. The van der Waals surface area contributed by atoms with Crippen LogP contribution >= 0.6 is 0 Å². The topological polar surface area (TPSA) is 97.7 Å². The van der Waals surface area contributed by atoms with E-state index < -0.39 is 17.0 Å². The number of carbonyl (C=O) groups excluding carboxylic acids is 3. The van der Waals surface area contributed by atoms with E-state index in [4.69, 9.17) is 9.84 Å². The number of Topliss-reactive ketones (excluding diaryl/α,β-unsaturated/α-hetero) is 2. The average molecular weight is 328 g/mol. The summed E-state index contributed by atoms with van der Waals surface area (Å²) in [7, 11) is 0. The molecule has 0 spiro atoms. The van der Waals surface area contributed by atoms with E-state index in [1.807, 2.05) is 0 Å². The van der Waals surface area contributed by atoms with Gasteiger partial charge in [0.1, 0.15) is 17.2 Å². The number of aliphatic carboxylic acids is 1. The highest BCUT2D eigenvalue weighted by Crippen LogP contribution is 2.23. The van der Waals surface area contributed by atoms with E-state index in [2.05, 4.69) is 0 Å². The summed E-state index contributed by atoms with van der Waals surface area (Å²) in [6.45, 7) is 7.04. The molecule has 0 fully saturated rings. The van der Waals surface area contributed by atoms with Crippen molar-refractivity contribution in [2.75, 3.05) is 0 Å². The Morgan fingerprint density at radius 1 is 0.913 bits per heavy atom. The molecule has 0 unspecified atom stereocenters. The Morgan fingerprint density at radius 3 is 1.83 bits per heavy atom. The highest BCUT2D eigenvalue weighted by molar-refractivity contribution is 5.82. The van der Waals surface area contributed by atoms with Crippen molar-refractivity contribution in [3.8, 4) is 0 Å². The minimum Gasteiger partial charge on any atom is -0.481 e. The van der Waals surface area contributed by atoms with Crippen molar-refractivity contribution in [2.24, 2.45) is 5.41 Å². The average Bonchev–Trinajstić information content (AvgIpc) is 2.43. The van der Waals surface area contributed by atoms with Gasteiger partial charge in [-0.05, 0) is 47.0 Å². The fourth-order valence-corrected chi connectivity index (χ4v) is 1.92. The molecular formula is C17H28O6. The van der Waals surface area contributed by atoms with E-state index in [0.717, 1.165) is 0 Å². The molecule has 0 aromatic rings. The van der Waals surface area contributed by atoms with Gasteiger partial charge in [0.2, 0.25) is 0 Å². The van der Waals surface area contributed by atoms with Gasteiger partial charge in [-0.2, -0.15) is 0 Å². The maximum Gasteiger partial charge on any atom is 0.309 e. The first-order valence-electron chi connectivity index (χ1n) is 7.88. The minimum absolute atomic E-state index is 0.0169. The molecule has 0 bridgehead atoms. The summed E-state index contributed by atoms with van der Waals surface area (Å²) in [5.74, 6) is -0.899.